The lowest BCUT2D eigenvalue weighted by molar-refractivity contribution is 0.254. The second-order valence-electron chi connectivity index (χ2n) is 7.78. The predicted octanol–water partition coefficient (Wildman–Crippen LogP) is 2.69. The SMILES string of the molecule is O=c1ccc(C2CC2)nn1C1CCN(S(=O)(=O)c2cccc3cccnc23)CC1. The molecule has 0 amide bonds. The second-order valence-corrected chi connectivity index (χ2v) is 9.69. The number of hydrogen-bond acceptors (Lipinski definition) is 5. The van der Waals surface area contributed by atoms with Gasteiger partial charge in [0.05, 0.1) is 17.3 Å². The van der Waals surface area contributed by atoms with Crippen molar-refractivity contribution in [2.75, 3.05) is 13.1 Å². The monoisotopic (exact) mass is 410 g/mol. The number of nitrogens with zero attached hydrogens (tertiary/aromatic N) is 4. The number of hydrogen-bond donors (Lipinski definition) is 0. The molecule has 29 heavy (non-hydrogen) atoms. The Hall–Kier alpha value is -2.58. The van der Waals surface area contributed by atoms with Crippen molar-refractivity contribution in [2.45, 2.75) is 42.5 Å². The Kier molecular flexibility index (Phi) is 4.48. The fraction of sp³-hybridized carbons (Fsp3) is 0.381. The topological polar surface area (TPSA) is 85.2 Å². The van der Waals surface area contributed by atoms with E-state index in [1.807, 2.05) is 18.2 Å². The fourth-order valence-electron chi connectivity index (χ4n) is 4.05. The summed E-state index contributed by atoms with van der Waals surface area (Å²) in [5.74, 6) is 0.473. The molecule has 1 aliphatic heterocycles. The molecule has 1 aliphatic carbocycles. The number of rotatable bonds is 4. The molecule has 2 fully saturated rings. The fourth-order valence-corrected chi connectivity index (χ4v) is 5.68. The highest BCUT2D eigenvalue weighted by atomic mass is 32.2. The lowest BCUT2D eigenvalue weighted by Gasteiger charge is -2.31. The van der Waals surface area contributed by atoms with Crippen LogP contribution in [0.3, 0.4) is 0 Å². The highest BCUT2D eigenvalue weighted by Gasteiger charge is 2.33. The Bertz CT molecular complexity index is 1220. The number of pyridine rings is 1. The van der Waals surface area contributed by atoms with Crippen LogP contribution in [0, 0.1) is 0 Å². The van der Waals surface area contributed by atoms with Crippen molar-refractivity contribution in [2.24, 2.45) is 0 Å². The van der Waals surface area contributed by atoms with Gasteiger partial charge in [0.25, 0.3) is 5.56 Å². The number of fused-ring (bicyclic) bond motifs is 1. The molecule has 150 valence electrons. The van der Waals surface area contributed by atoms with E-state index in [1.165, 1.54) is 4.31 Å². The van der Waals surface area contributed by atoms with E-state index in [-0.39, 0.29) is 16.5 Å². The van der Waals surface area contributed by atoms with Crippen LogP contribution in [0.2, 0.25) is 0 Å². The molecular weight excluding hydrogens is 388 g/mol. The molecule has 0 bridgehead atoms. The van der Waals surface area contributed by atoms with Gasteiger partial charge < -0.3 is 0 Å². The van der Waals surface area contributed by atoms with Gasteiger partial charge in [0.2, 0.25) is 10.0 Å². The molecule has 0 spiro atoms. The van der Waals surface area contributed by atoms with E-state index in [9.17, 15) is 13.2 Å². The third-order valence-corrected chi connectivity index (χ3v) is 7.75. The van der Waals surface area contributed by atoms with E-state index in [2.05, 4.69) is 10.1 Å². The van der Waals surface area contributed by atoms with Crippen LogP contribution in [0.5, 0.6) is 0 Å². The maximum Gasteiger partial charge on any atom is 0.267 e. The minimum Gasteiger partial charge on any atom is -0.268 e. The van der Waals surface area contributed by atoms with E-state index in [0.717, 1.165) is 23.9 Å². The predicted molar refractivity (Wildman–Crippen MR) is 109 cm³/mol. The van der Waals surface area contributed by atoms with Crippen molar-refractivity contribution in [1.29, 1.82) is 0 Å². The second kappa shape index (κ2) is 7.03. The maximum absolute atomic E-state index is 13.3. The van der Waals surface area contributed by atoms with Crippen molar-refractivity contribution < 1.29 is 8.42 Å². The average Bonchev–Trinajstić information content (AvgIpc) is 3.59. The Balaban J connectivity index is 1.39. The highest BCUT2D eigenvalue weighted by Crippen LogP contribution is 2.38. The zero-order chi connectivity index (χ0) is 20.0. The number of sulfonamides is 1. The van der Waals surface area contributed by atoms with Gasteiger partial charge in [-0.1, -0.05) is 18.2 Å². The van der Waals surface area contributed by atoms with E-state index in [1.54, 1.807) is 35.1 Å². The molecule has 3 aromatic rings. The first kappa shape index (κ1) is 18.4. The summed E-state index contributed by atoms with van der Waals surface area (Å²) in [6.07, 6.45) is 5.00. The number of piperidine rings is 1. The van der Waals surface area contributed by atoms with Gasteiger partial charge in [-0.15, -0.1) is 0 Å². The van der Waals surface area contributed by atoms with Crippen LogP contribution in [0.1, 0.15) is 43.3 Å². The molecule has 2 aromatic heterocycles. The molecule has 0 radical (unpaired) electrons. The smallest absolute Gasteiger partial charge is 0.267 e. The van der Waals surface area contributed by atoms with Crippen molar-refractivity contribution in [1.82, 2.24) is 19.1 Å². The Morgan fingerprint density at radius 1 is 0.931 bits per heavy atom. The average molecular weight is 410 g/mol. The summed E-state index contributed by atoms with van der Waals surface area (Å²) < 4.78 is 29.6. The maximum atomic E-state index is 13.3. The van der Waals surface area contributed by atoms with Crippen molar-refractivity contribution in [3.63, 3.8) is 0 Å². The number of benzene rings is 1. The summed E-state index contributed by atoms with van der Waals surface area (Å²) in [6, 6.07) is 12.2. The minimum absolute atomic E-state index is 0.0710. The Morgan fingerprint density at radius 3 is 2.45 bits per heavy atom. The van der Waals surface area contributed by atoms with Crippen LogP contribution in [0.15, 0.2) is 58.4 Å². The summed E-state index contributed by atoms with van der Waals surface area (Å²) in [6.45, 7) is 0.718. The van der Waals surface area contributed by atoms with Gasteiger partial charge >= 0.3 is 0 Å². The summed E-state index contributed by atoms with van der Waals surface area (Å²) in [5, 5.41) is 5.37. The summed E-state index contributed by atoms with van der Waals surface area (Å²) >= 11 is 0. The first-order valence-electron chi connectivity index (χ1n) is 9.98. The molecule has 1 aromatic carbocycles. The van der Waals surface area contributed by atoms with Crippen LogP contribution in [-0.2, 0) is 10.0 Å². The van der Waals surface area contributed by atoms with E-state index >= 15 is 0 Å². The molecule has 7 nitrogen and oxygen atoms in total. The van der Waals surface area contributed by atoms with Crippen LogP contribution in [0.4, 0.5) is 0 Å². The Labute approximate surface area is 169 Å². The lowest BCUT2D eigenvalue weighted by atomic mass is 10.1. The summed E-state index contributed by atoms with van der Waals surface area (Å²) in [5.41, 5.74) is 1.35. The van der Waals surface area contributed by atoms with Crippen LogP contribution >= 0.6 is 0 Å². The van der Waals surface area contributed by atoms with Gasteiger partial charge in [0, 0.05) is 36.7 Å². The van der Waals surface area contributed by atoms with Crippen LogP contribution < -0.4 is 5.56 Å². The molecule has 1 saturated carbocycles. The van der Waals surface area contributed by atoms with Gasteiger partial charge in [-0.25, -0.2) is 13.1 Å². The lowest BCUT2D eigenvalue weighted by Crippen LogP contribution is -2.41. The third-order valence-electron chi connectivity index (χ3n) is 5.82. The third kappa shape index (κ3) is 3.36. The first-order chi connectivity index (χ1) is 14.0. The van der Waals surface area contributed by atoms with Crippen molar-refractivity contribution >= 4 is 20.9 Å². The molecule has 0 atom stereocenters. The van der Waals surface area contributed by atoms with Gasteiger partial charge in [0.15, 0.2) is 0 Å². The molecule has 2 aliphatic rings. The molecular formula is C21H22N4O3S. The molecule has 3 heterocycles. The van der Waals surface area contributed by atoms with Gasteiger partial charge in [-0.2, -0.15) is 9.40 Å². The molecule has 1 saturated heterocycles. The normalized spacial score (nSPS) is 18.9. The van der Waals surface area contributed by atoms with Crippen molar-refractivity contribution in [3.8, 4) is 0 Å². The Morgan fingerprint density at radius 2 is 1.69 bits per heavy atom. The number of para-hydroxylation sites is 1. The zero-order valence-electron chi connectivity index (χ0n) is 15.9. The molecule has 8 heteroatoms. The molecule has 0 unspecified atom stereocenters. The minimum atomic E-state index is -3.65. The summed E-state index contributed by atoms with van der Waals surface area (Å²) in [7, 11) is -3.65. The van der Waals surface area contributed by atoms with Gasteiger partial charge in [0.1, 0.15) is 4.90 Å². The standard InChI is InChI=1S/C21H22N4O3S/c26-20-9-8-18(15-6-7-15)23-25(20)17-10-13-24(14-11-17)29(27,28)19-5-1-3-16-4-2-12-22-21(16)19/h1-5,8-9,12,15,17H,6-7,10-11,13-14H2. The van der Waals surface area contributed by atoms with Crippen LogP contribution in [0.25, 0.3) is 10.9 Å². The van der Waals surface area contributed by atoms with E-state index in [4.69, 9.17) is 0 Å². The van der Waals surface area contributed by atoms with Crippen LogP contribution in [-0.4, -0.2) is 40.6 Å². The van der Waals surface area contributed by atoms with E-state index in [0.29, 0.717) is 37.4 Å². The summed E-state index contributed by atoms with van der Waals surface area (Å²) in [4.78, 5) is 16.8. The highest BCUT2D eigenvalue weighted by molar-refractivity contribution is 7.89. The van der Waals surface area contributed by atoms with E-state index < -0.39 is 10.0 Å². The van der Waals surface area contributed by atoms with Crippen molar-refractivity contribution in [3.05, 3.63) is 64.7 Å². The first-order valence-corrected chi connectivity index (χ1v) is 11.4. The largest absolute Gasteiger partial charge is 0.268 e. The van der Waals surface area contributed by atoms with Gasteiger partial charge in [-0.3, -0.25) is 9.78 Å². The number of aromatic nitrogens is 3. The zero-order valence-corrected chi connectivity index (χ0v) is 16.8. The molecule has 5 rings (SSSR count). The molecule has 0 N–H and O–H groups in total. The quantitative estimate of drug-likeness (QED) is 0.660. The van der Waals surface area contributed by atoms with Gasteiger partial charge in [-0.05, 0) is 43.9 Å².